The molecule has 0 atom stereocenters. The molecule has 4 aliphatic rings. The SMILES string of the molecule is COc1ccc(-n2nc(C(=O)NCCNC3[C@H]4C[C@@H]5C[C@@H](C[C@H]3C5)C4)c(C)c2-c2ccc(Cl)cc2)cn1. The highest BCUT2D eigenvalue weighted by molar-refractivity contribution is 6.30. The summed E-state index contributed by atoms with van der Waals surface area (Å²) in [4.78, 5) is 17.6. The number of carbonyl (C=O) groups excluding carboxylic acids is 1. The molecule has 7 nitrogen and oxygen atoms in total. The maximum absolute atomic E-state index is 13.3. The lowest BCUT2D eigenvalue weighted by atomic mass is 9.54. The van der Waals surface area contributed by atoms with Gasteiger partial charge in [0.1, 0.15) is 0 Å². The molecule has 1 aromatic carbocycles. The third kappa shape index (κ3) is 4.75. The minimum atomic E-state index is -0.167. The second-order valence-corrected chi connectivity index (χ2v) is 11.4. The van der Waals surface area contributed by atoms with Gasteiger partial charge in [0.2, 0.25) is 5.88 Å². The molecule has 2 aromatic heterocycles. The second-order valence-electron chi connectivity index (χ2n) is 11.0. The van der Waals surface area contributed by atoms with Gasteiger partial charge >= 0.3 is 0 Å². The van der Waals surface area contributed by atoms with E-state index in [1.54, 1.807) is 24.1 Å². The van der Waals surface area contributed by atoms with E-state index in [0.717, 1.165) is 52.7 Å². The Hall–Kier alpha value is -2.90. The average Bonchev–Trinajstić information content (AvgIpc) is 3.25. The van der Waals surface area contributed by atoms with Crippen LogP contribution in [0.3, 0.4) is 0 Å². The maximum Gasteiger partial charge on any atom is 0.272 e. The van der Waals surface area contributed by atoms with Gasteiger partial charge in [-0.15, -0.1) is 0 Å². The summed E-state index contributed by atoms with van der Waals surface area (Å²) in [5, 5.41) is 12.3. The Morgan fingerprint density at radius 1 is 1.03 bits per heavy atom. The van der Waals surface area contributed by atoms with Gasteiger partial charge in [0, 0.05) is 41.3 Å². The quantitative estimate of drug-likeness (QED) is 0.407. The Balaban J connectivity index is 1.17. The molecule has 0 aliphatic heterocycles. The van der Waals surface area contributed by atoms with E-state index in [-0.39, 0.29) is 5.91 Å². The van der Waals surface area contributed by atoms with Gasteiger partial charge in [0.25, 0.3) is 5.91 Å². The molecule has 0 radical (unpaired) electrons. The first-order valence-corrected chi connectivity index (χ1v) is 13.8. The van der Waals surface area contributed by atoms with Crippen LogP contribution in [0.5, 0.6) is 5.88 Å². The standard InChI is InChI=1S/C29H34ClN5O2/c1-17-26(29(36)32-10-9-31-27-21-12-18-11-19(14-21)15-22(27)13-18)34-35(24-7-8-25(37-2)33-16-24)28(17)20-3-5-23(30)6-4-20/h3-8,16,18-19,21-22,27,31H,9-15H2,1-2H3,(H,32,36)/t18-,19+,21-,22+,27?. The lowest BCUT2D eigenvalue weighted by Gasteiger charge is -2.54. The summed E-state index contributed by atoms with van der Waals surface area (Å²) in [5.41, 5.74) is 3.73. The lowest BCUT2D eigenvalue weighted by Crippen LogP contribution is -2.55. The minimum absolute atomic E-state index is 0.167. The lowest BCUT2D eigenvalue weighted by molar-refractivity contribution is -0.0133. The summed E-state index contributed by atoms with van der Waals surface area (Å²) in [6.07, 6.45) is 8.72. The molecular weight excluding hydrogens is 486 g/mol. The predicted octanol–water partition coefficient (Wildman–Crippen LogP) is 5.05. The van der Waals surface area contributed by atoms with Gasteiger partial charge in [-0.1, -0.05) is 23.7 Å². The average molecular weight is 520 g/mol. The molecule has 4 saturated carbocycles. The summed E-state index contributed by atoms with van der Waals surface area (Å²) in [6, 6.07) is 11.9. The van der Waals surface area contributed by atoms with Crippen LogP contribution in [0.25, 0.3) is 16.9 Å². The molecule has 194 valence electrons. The highest BCUT2D eigenvalue weighted by atomic mass is 35.5. The van der Waals surface area contributed by atoms with E-state index in [1.807, 2.05) is 37.3 Å². The number of ether oxygens (including phenoxy) is 1. The molecular formula is C29H34ClN5O2. The molecule has 0 unspecified atom stereocenters. The van der Waals surface area contributed by atoms with Gasteiger partial charge in [0.15, 0.2) is 5.69 Å². The van der Waals surface area contributed by atoms with Crippen molar-refractivity contribution in [1.29, 1.82) is 0 Å². The van der Waals surface area contributed by atoms with Gasteiger partial charge in [-0.2, -0.15) is 5.10 Å². The van der Waals surface area contributed by atoms with Gasteiger partial charge in [-0.3, -0.25) is 4.79 Å². The van der Waals surface area contributed by atoms with Crippen LogP contribution in [0, 0.1) is 30.6 Å². The fraction of sp³-hybridized carbons (Fsp3) is 0.483. The molecule has 4 fully saturated rings. The van der Waals surface area contributed by atoms with E-state index in [9.17, 15) is 4.79 Å². The van der Waals surface area contributed by atoms with Gasteiger partial charge < -0.3 is 15.4 Å². The van der Waals surface area contributed by atoms with Crippen molar-refractivity contribution in [2.45, 2.75) is 45.1 Å². The van der Waals surface area contributed by atoms with Gasteiger partial charge in [-0.05, 0) is 80.9 Å². The summed E-state index contributed by atoms with van der Waals surface area (Å²) >= 11 is 6.14. The predicted molar refractivity (Wildman–Crippen MR) is 144 cm³/mol. The van der Waals surface area contributed by atoms with Gasteiger partial charge in [-0.25, -0.2) is 9.67 Å². The van der Waals surface area contributed by atoms with Crippen LogP contribution < -0.4 is 15.4 Å². The van der Waals surface area contributed by atoms with Crippen LogP contribution in [0.4, 0.5) is 0 Å². The normalized spacial score (nSPS) is 25.9. The molecule has 37 heavy (non-hydrogen) atoms. The number of carbonyl (C=O) groups is 1. The van der Waals surface area contributed by atoms with E-state index in [2.05, 4.69) is 15.6 Å². The Kier molecular flexibility index (Phi) is 6.67. The van der Waals surface area contributed by atoms with Crippen molar-refractivity contribution in [2.24, 2.45) is 23.7 Å². The fourth-order valence-corrected chi connectivity index (χ4v) is 7.35. The molecule has 4 bridgehead atoms. The number of nitrogens with one attached hydrogen (secondary N) is 2. The third-order valence-corrected chi connectivity index (χ3v) is 8.90. The molecule has 4 aliphatic carbocycles. The van der Waals surface area contributed by atoms with Crippen molar-refractivity contribution in [1.82, 2.24) is 25.4 Å². The number of halogens is 1. The first kappa shape index (κ1) is 24.4. The van der Waals surface area contributed by atoms with E-state index >= 15 is 0 Å². The van der Waals surface area contributed by atoms with Crippen LogP contribution in [0.2, 0.25) is 5.02 Å². The Morgan fingerprint density at radius 2 is 1.73 bits per heavy atom. The van der Waals surface area contributed by atoms with Crippen LogP contribution in [0.1, 0.15) is 48.2 Å². The first-order valence-electron chi connectivity index (χ1n) is 13.4. The fourth-order valence-electron chi connectivity index (χ4n) is 7.22. The number of methoxy groups -OCH3 is 1. The molecule has 2 heterocycles. The van der Waals surface area contributed by atoms with Crippen molar-refractivity contribution in [3.8, 4) is 22.8 Å². The van der Waals surface area contributed by atoms with Crippen molar-refractivity contribution >= 4 is 17.5 Å². The molecule has 2 N–H and O–H groups in total. The highest BCUT2D eigenvalue weighted by Gasteiger charge is 2.47. The Bertz CT molecular complexity index is 1240. The van der Waals surface area contributed by atoms with E-state index < -0.39 is 0 Å². The number of rotatable bonds is 8. The minimum Gasteiger partial charge on any atom is -0.481 e. The van der Waals surface area contributed by atoms with Crippen LogP contribution in [-0.2, 0) is 0 Å². The molecule has 0 spiro atoms. The monoisotopic (exact) mass is 519 g/mol. The van der Waals surface area contributed by atoms with E-state index in [0.29, 0.717) is 29.2 Å². The smallest absolute Gasteiger partial charge is 0.272 e. The number of aromatic nitrogens is 3. The summed E-state index contributed by atoms with van der Waals surface area (Å²) in [5.74, 6) is 3.93. The van der Waals surface area contributed by atoms with Crippen LogP contribution >= 0.6 is 11.6 Å². The number of amides is 1. The molecule has 0 saturated heterocycles. The zero-order valence-corrected chi connectivity index (χ0v) is 22.2. The number of pyridine rings is 1. The van der Waals surface area contributed by atoms with Crippen molar-refractivity contribution in [2.75, 3.05) is 20.2 Å². The van der Waals surface area contributed by atoms with E-state index in [4.69, 9.17) is 21.4 Å². The summed E-state index contributed by atoms with van der Waals surface area (Å²) < 4.78 is 6.98. The third-order valence-electron chi connectivity index (χ3n) is 8.65. The van der Waals surface area contributed by atoms with Crippen molar-refractivity contribution in [3.05, 3.63) is 58.9 Å². The molecule has 8 heteroatoms. The molecule has 3 aromatic rings. The zero-order valence-electron chi connectivity index (χ0n) is 21.4. The second kappa shape index (κ2) is 10.1. The first-order chi connectivity index (χ1) is 18.0. The number of nitrogens with zero attached hydrogens (tertiary/aromatic N) is 3. The number of hydrogen-bond donors (Lipinski definition) is 2. The zero-order chi connectivity index (χ0) is 25.5. The van der Waals surface area contributed by atoms with Crippen LogP contribution in [0.15, 0.2) is 42.6 Å². The van der Waals surface area contributed by atoms with E-state index in [1.165, 1.54) is 32.1 Å². The summed E-state index contributed by atoms with van der Waals surface area (Å²) in [6.45, 7) is 3.30. The number of benzene rings is 1. The van der Waals surface area contributed by atoms with Crippen molar-refractivity contribution in [3.63, 3.8) is 0 Å². The molecule has 1 amide bonds. The topological polar surface area (TPSA) is 81.1 Å². The maximum atomic E-state index is 13.3. The van der Waals surface area contributed by atoms with Gasteiger partial charge in [0.05, 0.1) is 24.7 Å². The number of hydrogen-bond acceptors (Lipinski definition) is 5. The Morgan fingerprint density at radius 3 is 2.35 bits per heavy atom. The molecule has 7 rings (SSSR count). The highest BCUT2D eigenvalue weighted by Crippen LogP contribution is 2.53. The largest absolute Gasteiger partial charge is 0.481 e. The summed E-state index contributed by atoms with van der Waals surface area (Å²) in [7, 11) is 1.58. The van der Waals surface area contributed by atoms with Crippen molar-refractivity contribution < 1.29 is 9.53 Å². The Labute approximate surface area is 223 Å². The van der Waals surface area contributed by atoms with Crippen LogP contribution in [-0.4, -0.2) is 46.9 Å².